The van der Waals surface area contributed by atoms with Crippen molar-refractivity contribution in [3.05, 3.63) is 0 Å². The Hall–Kier alpha value is -0.130. The highest BCUT2D eigenvalue weighted by atomic mass is 32.2. The van der Waals surface area contributed by atoms with Crippen LogP contribution in [-0.4, -0.2) is 43.3 Å². The SMILES string of the molecule is CC1CN(S(=O)(=O)CCOC(C)C)C(C)(C)C1. The molecule has 1 aliphatic heterocycles. The number of ether oxygens (including phenoxy) is 1. The summed E-state index contributed by atoms with van der Waals surface area (Å²) in [4.78, 5) is 0. The average molecular weight is 263 g/mol. The Balaban J connectivity index is 2.64. The van der Waals surface area contributed by atoms with E-state index >= 15 is 0 Å². The molecule has 17 heavy (non-hydrogen) atoms. The van der Waals surface area contributed by atoms with Gasteiger partial charge in [0.15, 0.2) is 0 Å². The summed E-state index contributed by atoms with van der Waals surface area (Å²) in [7, 11) is -3.19. The first kappa shape index (κ1) is 14.9. The van der Waals surface area contributed by atoms with Gasteiger partial charge in [0.2, 0.25) is 10.0 Å². The summed E-state index contributed by atoms with van der Waals surface area (Å²) in [5, 5.41) is 0. The normalized spacial score (nSPS) is 25.6. The number of rotatable bonds is 5. The number of hydrogen-bond acceptors (Lipinski definition) is 3. The van der Waals surface area contributed by atoms with Gasteiger partial charge in [-0.1, -0.05) is 6.92 Å². The van der Waals surface area contributed by atoms with Crippen molar-refractivity contribution < 1.29 is 13.2 Å². The topological polar surface area (TPSA) is 46.6 Å². The summed E-state index contributed by atoms with van der Waals surface area (Å²) in [6.45, 7) is 10.8. The third-order valence-electron chi connectivity index (χ3n) is 3.13. The largest absolute Gasteiger partial charge is 0.378 e. The Kier molecular flexibility index (Phi) is 4.60. The molecule has 1 atom stereocenters. The molecule has 0 bridgehead atoms. The summed E-state index contributed by atoms with van der Waals surface area (Å²) in [6.07, 6.45) is 1.01. The van der Waals surface area contributed by atoms with Crippen LogP contribution in [0.2, 0.25) is 0 Å². The Morgan fingerprint density at radius 2 is 2.00 bits per heavy atom. The van der Waals surface area contributed by atoms with E-state index in [4.69, 9.17) is 4.74 Å². The van der Waals surface area contributed by atoms with Crippen LogP contribution >= 0.6 is 0 Å². The second-order valence-electron chi connectivity index (χ2n) is 5.89. The molecule has 0 aliphatic carbocycles. The minimum Gasteiger partial charge on any atom is -0.378 e. The summed E-state index contributed by atoms with van der Waals surface area (Å²) < 4.78 is 31.4. The van der Waals surface area contributed by atoms with Crippen molar-refractivity contribution in [2.24, 2.45) is 5.92 Å². The van der Waals surface area contributed by atoms with Crippen LogP contribution in [0.5, 0.6) is 0 Å². The predicted molar refractivity (Wildman–Crippen MR) is 69.4 cm³/mol. The highest BCUT2D eigenvalue weighted by molar-refractivity contribution is 7.89. The van der Waals surface area contributed by atoms with Crippen LogP contribution in [0.25, 0.3) is 0 Å². The molecular weight excluding hydrogens is 238 g/mol. The molecule has 0 amide bonds. The first-order chi connectivity index (χ1) is 7.65. The van der Waals surface area contributed by atoms with Gasteiger partial charge in [-0.05, 0) is 40.0 Å². The van der Waals surface area contributed by atoms with E-state index < -0.39 is 10.0 Å². The standard InChI is InChI=1S/C12H25NO3S/c1-10(2)16-6-7-17(14,15)13-9-11(3)8-12(13,4)5/h10-11H,6-9H2,1-5H3. The van der Waals surface area contributed by atoms with Gasteiger partial charge in [0.1, 0.15) is 0 Å². The maximum Gasteiger partial charge on any atom is 0.216 e. The van der Waals surface area contributed by atoms with Crippen LogP contribution in [0.4, 0.5) is 0 Å². The van der Waals surface area contributed by atoms with Gasteiger partial charge in [0, 0.05) is 12.1 Å². The third-order valence-corrected chi connectivity index (χ3v) is 5.13. The molecule has 5 heteroatoms. The number of sulfonamides is 1. The highest BCUT2D eigenvalue weighted by Crippen LogP contribution is 2.34. The molecule has 4 nitrogen and oxygen atoms in total. The van der Waals surface area contributed by atoms with Crippen LogP contribution in [0.1, 0.15) is 41.0 Å². The Bertz CT molecular complexity index is 349. The Morgan fingerprint density at radius 1 is 1.41 bits per heavy atom. The van der Waals surface area contributed by atoms with Crippen molar-refractivity contribution in [1.82, 2.24) is 4.31 Å². The van der Waals surface area contributed by atoms with Crippen LogP contribution < -0.4 is 0 Å². The van der Waals surface area contributed by atoms with E-state index in [2.05, 4.69) is 6.92 Å². The molecule has 102 valence electrons. The van der Waals surface area contributed by atoms with Crippen molar-refractivity contribution in [2.75, 3.05) is 18.9 Å². The fourth-order valence-corrected chi connectivity index (χ4v) is 4.38. The monoisotopic (exact) mass is 263 g/mol. The summed E-state index contributed by atoms with van der Waals surface area (Å²) in [5.41, 5.74) is -0.254. The van der Waals surface area contributed by atoms with Gasteiger partial charge in [-0.25, -0.2) is 8.42 Å². The maximum atomic E-state index is 12.2. The molecule has 0 aromatic carbocycles. The van der Waals surface area contributed by atoms with E-state index in [0.717, 1.165) is 6.42 Å². The predicted octanol–water partition coefficient (Wildman–Crippen LogP) is 1.86. The average Bonchev–Trinajstić information content (AvgIpc) is 2.38. The molecule has 1 heterocycles. The van der Waals surface area contributed by atoms with E-state index in [1.54, 1.807) is 4.31 Å². The Labute approximate surface area is 105 Å². The number of nitrogens with zero attached hydrogens (tertiary/aromatic N) is 1. The molecule has 0 aromatic heterocycles. The lowest BCUT2D eigenvalue weighted by molar-refractivity contribution is 0.0904. The first-order valence-corrected chi connectivity index (χ1v) is 7.88. The minimum atomic E-state index is -3.19. The molecule has 1 unspecified atom stereocenters. The lowest BCUT2D eigenvalue weighted by Gasteiger charge is -2.30. The summed E-state index contributed by atoms with van der Waals surface area (Å²) in [6, 6.07) is 0. The van der Waals surface area contributed by atoms with Gasteiger partial charge in [0.25, 0.3) is 0 Å². The van der Waals surface area contributed by atoms with Gasteiger partial charge in [-0.15, -0.1) is 0 Å². The van der Waals surface area contributed by atoms with E-state index in [1.807, 2.05) is 27.7 Å². The first-order valence-electron chi connectivity index (χ1n) is 6.27. The van der Waals surface area contributed by atoms with E-state index in [-0.39, 0.29) is 24.0 Å². The van der Waals surface area contributed by atoms with E-state index in [0.29, 0.717) is 12.5 Å². The smallest absolute Gasteiger partial charge is 0.216 e. The van der Waals surface area contributed by atoms with Crippen molar-refractivity contribution in [1.29, 1.82) is 0 Å². The van der Waals surface area contributed by atoms with Gasteiger partial charge < -0.3 is 4.74 Å². The van der Waals surface area contributed by atoms with Crippen LogP contribution in [0.3, 0.4) is 0 Å². The van der Waals surface area contributed by atoms with Gasteiger partial charge in [-0.2, -0.15) is 4.31 Å². The second-order valence-corrected chi connectivity index (χ2v) is 7.90. The molecule has 0 saturated carbocycles. The molecule has 1 saturated heterocycles. The van der Waals surface area contributed by atoms with Crippen LogP contribution in [0.15, 0.2) is 0 Å². The van der Waals surface area contributed by atoms with Gasteiger partial charge >= 0.3 is 0 Å². The zero-order chi connectivity index (χ0) is 13.3. The lowest BCUT2D eigenvalue weighted by Crippen LogP contribution is -2.44. The molecule has 0 aromatic rings. The quantitative estimate of drug-likeness (QED) is 0.760. The summed E-state index contributed by atoms with van der Waals surface area (Å²) in [5.74, 6) is 0.521. The minimum absolute atomic E-state index is 0.0794. The van der Waals surface area contributed by atoms with Crippen molar-refractivity contribution >= 4 is 10.0 Å². The van der Waals surface area contributed by atoms with Crippen molar-refractivity contribution in [3.8, 4) is 0 Å². The fraction of sp³-hybridized carbons (Fsp3) is 1.00. The van der Waals surface area contributed by atoms with Gasteiger partial charge in [-0.3, -0.25) is 0 Å². The second kappa shape index (κ2) is 5.24. The molecule has 1 rings (SSSR count). The zero-order valence-corrected chi connectivity index (χ0v) is 12.4. The molecule has 0 radical (unpaired) electrons. The van der Waals surface area contributed by atoms with Crippen LogP contribution in [0, 0.1) is 5.92 Å². The maximum absolute atomic E-state index is 12.2. The van der Waals surface area contributed by atoms with Crippen molar-refractivity contribution in [3.63, 3.8) is 0 Å². The van der Waals surface area contributed by atoms with Gasteiger partial charge in [0.05, 0.1) is 18.5 Å². The molecule has 1 fully saturated rings. The zero-order valence-electron chi connectivity index (χ0n) is 11.6. The third kappa shape index (κ3) is 3.93. The molecule has 1 aliphatic rings. The highest BCUT2D eigenvalue weighted by Gasteiger charge is 2.42. The lowest BCUT2D eigenvalue weighted by atomic mass is 9.99. The number of hydrogen-bond donors (Lipinski definition) is 0. The molecular formula is C12H25NO3S. The van der Waals surface area contributed by atoms with E-state index in [1.165, 1.54) is 0 Å². The van der Waals surface area contributed by atoms with Crippen LogP contribution in [-0.2, 0) is 14.8 Å². The van der Waals surface area contributed by atoms with E-state index in [9.17, 15) is 8.42 Å². The van der Waals surface area contributed by atoms with Crippen molar-refractivity contribution in [2.45, 2.75) is 52.7 Å². The Morgan fingerprint density at radius 3 is 2.41 bits per heavy atom. The molecule has 0 spiro atoms. The molecule has 0 N–H and O–H groups in total. The summed E-state index contributed by atoms with van der Waals surface area (Å²) >= 11 is 0. The fourth-order valence-electron chi connectivity index (χ4n) is 2.54.